The second kappa shape index (κ2) is 7.39. The lowest BCUT2D eigenvalue weighted by atomic mass is 10.1. The van der Waals surface area contributed by atoms with E-state index in [9.17, 15) is 4.79 Å². The highest BCUT2D eigenvalue weighted by molar-refractivity contribution is 6.00. The molecule has 0 amide bonds. The zero-order chi connectivity index (χ0) is 17.8. The first-order valence-corrected chi connectivity index (χ1v) is 8.69. The number of hydrogen-bond donors (Lipinski definition) is 0. The number of Topliss-reactive ketones (excluding diaryl/α,β-unsaturated/α-hetero) is 1. The molecule has 0 unspecified atom stereocenters. The summed E-state index contributed by atoms with van der Waals surface area (Å²) in [6.07, 6.45) is 0. The largest absolute Gasteiger partial charge is 0.364 e. The molecule has 0 spiro atoms. The molecule has 1 aromatic heterocycles. The van der Waals surface area contributed by atoms with Gasteiger partial charge in [0.15, 0.2) is 5.78 Å². The van der Waals surface area contributed by atoms with Gasteiger partial charge in [-0.3, -0.25) is 4.79 Å². The molecule has 0 atom stereocenters. The Hall–Kier alpha value is -2.81. The van der Waals surface area contributed by atoms with Crippen molar-refractivity contribution in [3.05, 3.63) is 83.7 Å². The number of ketones is 1. The molecule has 0 saturated heterocycles. The first kappa shape index (κ1) is 17.0. The zero-order valence-electron chi connectivity index (χ0n) is 15.1. The standard InChI is InChI=1S/C22H24N2O/c1-4-23(19-11-7-5-8-12-19)16-22(25)21-15-17(2)24(18(21)3)20-13-9-6-10-14-20/h5-15H,4,16H2,1-3H3. The SMILES string of the molecule is CCN(CC(=O)c1cc(C)n(-c2ccccc2)c1C)c1ccccc1. The molecule has 0 saturated carbocycles. The van der Waals surface area contributed by atoms with Crippen LogP contribution in [0.5, 0.6) is 0 Å². The van der Waals surface area contributed by atoms with Gasteiger partial charge in [0.05, 0.1) is 6.54 Å². The number of aromatic nitrogens is 1. The van der Waals surface area contributed by atoms with Gasteiger partial charge in [0.2, 0.25) is 0 Å². The summed E-state index contributed by atoms with van der Waals surface area (Å²) in [5.74, 6) is 0.154. The molecule has 0 aliphatic carbocycles. The molecule has 2 aromatic carbocycles. The molecule has 0 bridgehead atoms. The molecule has 0 fully saturated rings. The lowest BCUT2D eigenvalue weighted by Crippen LogP contribution is -2.29. The van der Waals surface area contributed by atoms with Crippen molar-refractivity contribution in [3.8, 4) is 5.69 Å². The maximum absolute atomic E-state index is 13.0. The topological polar surface area (TPSA) is 25.2 Å². The Bertz CT molecular complexity index is 850. The summed E-state index contributed by atoms with van der Waals surface area (Å²) in [6.45, 7) is 7.33. The van der Waals surface area contributed by atoms with Crippen molar-refractivity contribution in [3.63, 3.8) is 0 Å². The van der Waals surface area contributed by atoms with Gasteiger partial charge < -0.3 is 9.47 Å². The fourth-order valence-electron chi connectivity index (χ4n) is 3.30. The average Bonchev–Trinajstić information content (AvgIpc) is 2.95. The van der Waals surface area contributed by atoms with E-state index in [0.29, 0.717) is 6.54 Å². The van der Waals surface area contributed by atoms with Crippen LogP contribution in [0.4, 0.5) is 5.69 Å². The van der Waals surface area contributed by atoms with Crippen LogP contribution in [0.15, 0.2) is 66.7 Å². The molecule has 1 heterocycles. The van der Waals surface area contributed by atoms with Crippen molar-refractivity contribution in [1.29, 1.82) is 0 Å². The minimum atomic E-state index is 0.154. The zero-order valence-corrected chi connectivity index (χ0v) is 15.1. The van der Waals surface area contributed by atoms with Crippen LogP contribution >= 0.6 is 0 Å². The average molecular weight is 332 g/mol. The summed E-state index contributed by atoms with van der Waals surface area (Å²) in [5.41, 5.74) is 5.05. The predicted octanol–water partition coefficient (Wildman–Crippen LogP) is 4.80. The van der Waals surface area contributed by atoms with Gasteiger partial charge in [-0.15, -0.1) is 0 Å². The summed E-state index contributed by atoms with van der Waals surface area (Å²) in [7, 11) is 0. The minimum Gasteiger partial charge on any atom is -0.364 e. The highest BCUT2D eigenvalue weighted by Crippen LogP contribution is 2.22. The maximum Gasteiger partial charge on any atom is 0.183 e. The summed E-state index contributed by atoms with van der Waals surface area (Å²) in [5, 5.41) is 0. The normalized spacial score (nSPS) is 10.7. The van der Waals surface area contributed by atoms with Crippen LogP contribution in [0.25, 0.3) is 5.69 Å². The third-order valence-electron chi connectivity index (χ3n) is 4.58. The van der Waals surface area contributed by atoms with Crippen LogP contribution in [0.2, 0.25) is 0 Å². The van der Waals surface area contributed by atoms with E-state index in [2.05, 4.69) is 28.5 Å². The Morgan fingerprint density at radius 1 is 0.960 bits per heavy atom. The Labute approximate surface area is 149 Å². The van der Waals surface area contributed by atoms with E-state index in [4.69, 9.17) is 0 Å². The summed E-state index contributed by atoms with van der Waals surface area (Å²) in [4.78, 5) is 15.1. The smallest absolute Gasteiger partial charge is 0.183 e. The Kier molecular flexibility index (Phi) is 5.03. The van der Waals surface area contributed by atoms with Crippen LogP contribution < -0.4 is 4.90 Å². The minimum absolute atomic E-state index is 0.154. The quantitative estimate of drug-likeness (QED) is 0.606. The second-order valence-corrected chi connectivity index (χ2v) is 6.23. The maximum atomic E-state index is 13.0. The number of nitrogens with zero attached hydrogens (tertiary/aromatic N) is 2. The van der Waals surface area contributed by atoms with Crippen LogP contribution in [0.1, 0.15) is 28.7 Å². The van der Waals surface area contributed by atoms with Crippen LogP contribution in [-0.4, -0.2) is 23.4 Å². The van der Waals surface area contributed by atoms with Crippen LogP contribution in [-0.2, 0) is 0 Å². The van der Waals surface area contributed by atoms with Crippen LogP contribution in [0.3, 0.4) is 0 Å². The number of likely N-dealkylation sites (N-methyl/N-ethyl adjacent to an activating group) is 1. The van der Waals surface area contributed by atoms with Gasteiger partial charge in [0, 0.05) is 34.9 Å². The molecule has 3 heteroatoms. The molecule has 0 aliphatic heterocycles. The number of hydrogen-bond acceptors (Lipinski definition) is 2. The Morgan fingerprint density at radius 2 is 1.56 bits per heavy atom. The van der Waals surface area contributed by atoms with Crippen molar-refractivity contribution >= 4 is 11.5 Å². The number of para-hydroxylation sites is 2. The molecular formula is C22H24N2O. The molecule has 128 valence electrons. The second-order valence-electron chi connectivity index (χ2n) is 6.23. The Balaban J connectivity index is 1.88. The molecule has 0 aliphatic rings. The van der Waals surface area contributed by atoms with E-state index in [1.54, 1.807) is 0 Å². The van der Waals surface area contributed by atoms with E-state index in [1.807, 2.05) is 68.4 Å². The molecule has 25 heavy (non-hydrogen) atoms. The lowest BCUT2D eigenvalue weighted by Gasteiger charge is -2.22. The van der Waals surface area contributed by atoms with E-state index in [-0.39, 0.29) is 5.78 Å². The van der Waals surface area contributed by atoms with Gasteiger partial charge in [-0.25, -0.2) is 0 Å². The van der Waals surface area contributed by atoms with Gasteiger partial charge in [0.1, 0.15) is 0 Å². The van der Waals surface area contributed by atoms with Gasteiger partial charge in [0.25, 0.3) is 0 Å². The van der Waals surface area contributed by atoms with Gasteiger partial charge in [-0.2, -0.15) is 0 Å². The highest BCUT2D eigenvalue weighted by Gasteiger charge is 2.18. The summed E-state index contributed by atoms with van der Waals surface area (Å²) < 4.78 is 2.14. The third-order valence-corrected chi connectivity index (χ3v) is 4.58. The van der Waals surface area contributed by atoms with Crippen molar-refractivity contribution < 1.29 is 4.79 Å². The summed E-state index contributed by atoms with van der Waals surface area (Å²) in [6, 6.07) is 22.3. The first-order chi connectivity index (χ1) is 12.1. The highest BCUT2D eigenvalue weighted by atomic mass is 16.1. The molecule has 0 N–H and O–H groups in total. The molecule has 3 nitrogen and oxygen atoms in total. The van der Waals surface area contributed by atoms with Crippen molar-refractivity contribution in [2.24, 2.45) is 0 Å². The summed E-state index contributed by atoms with van der Waals surface area (Å²) >= 11 is 0. The molecule has 0 radical (unpaired) electrons. The van der Waals surface area contributed by atoms with Crippen molar-refractivity contribution in [1.82, 2.24) is 4.57 Å². The number of rotatable bonds is 6. The number of aryl methyl sites for hydroxylation is 1. The molecule has 3 aromatic rings. The van der Waals surface area contributed by atoms with E-state index in [1.165, 1.54) is 0 Å². The van der Waals surface area contributed by atoms with Gasteiger partial charge >= 0.3 is 0 Å². The third kappa shape index (κ3) is 3.50. The first-order valence-electron chi connectivity index (χ1n) is 8.69. The van der Waals surface area contributed by atoms with Crippen molar-refractivity contribution in [2.75, 3.05) is 18.0 Å². The lowest BCUT2D eigenvalue weighted by molar-refractivity contribution is 0.0998. The number of anilines is 1. The number of carbonyl (C=O) groups is 1. The van der Waals surface area contributed by atoms with E-state index >= 15 is 0 Å². The molecular weight excluding hydrogens is 308 g/mol. The van der Waals surface area contributed by atoms with E-state index in [0.717, 1.165) is 34.9 Å². The fourth-order valence-corrected chi connectivity index (χ4v) is 3.30. The monoisotopic (exact) mass is 332 g/mol. The van der Waals surface area contributed by atoms with Crippen molar-refractivity contribution in [2.45, 2.75) is 20.8 Å². The number of carbonyl (C=O) groups excluding carboxylic acids is 1. The Morgan fingerprint density at radius 3 is 2.16 bits per heavy atom. The van der Waals surface area contributed by atoms with Gasteiger partial charge in [-0.05, 0) is 51.1 Å². The molecule has 3 rings (SSSR count). The van der Waals surface area contributed by atoms with Gasteiger partial charge in [-0.1, -0.05) is 36.4 Å². The van der Waals surface area contributed by atoms with Crippen LogP contribution in [0, 0.1) is 13.8 Å². The fraction of sp³-hybridized carbons (Fsp3) is 0.227. The predicted molar refractivity (Wildman–Crippen MR) is 104 cm³/mol. The number of benzene rings is 2. The van der Waals surface area contributed by atoms with E-state index < -0.39 is 0 Å².